The van der Waals surface area contributed by atoms with Crippen LogP contribution in [0.1, 0.15) is 18.9 Å². The van der Waals surface area contributed by atoms with Crippen molar-refractivity contribution >= 4 is 17.7 Å². The van der Waals surface area contributed by atoms with Crippen LogP contribution in [0.5, 0.6) is 0 Å². The Bertz CT molecular complexity index is 444. The first-order valence-electron chi connectivity index (χ1n) is 5.11. The van der Waals surface area contributed by atoms with Crippen LogP contribution in [-0.2, 0) is 9.53 Å². The van der Waals surface area contributed by atoms with Crippen LogP contribution in [0, 0.1) is 11.6 Å². The molecule has 1 aromatic carbocycles. The molecule has 0 spiro atoms. The number of hydrogen-bond acceptors (Lipinski definition) is 3. The topological polar surface area (TPSA) is 52.3 Å². The Morgan fingerprint density at radius 1 is 1.41 bits per heavy atom. The average molecular weight is 241 g/mol. The van der Waals surface area contributed by atoms with Crippen molar-refractivity contribution in [1.29, 1.82) is 0 Å². The van der Waals surface area contributed by atoms with Gasteiger partial charge in [-0.2, -0.15) is 0 Å². The molecule has 0 atom stereocenters. The van der Waals surface area contributed by atoms with Crippen LogP contribution < -0.4 is 5.73 Å². The van der Waals surface area contributed by atoms with Crippen molar-refractivity contribution in [2.24, 2.45) is 0 Å². The summed E-state index contributed by atoms with van der Waals surface area (Å²) < 4.78 is 30.4. The molecule has 0 aromatic heterocycles. The van der Waals surface area contributed by atoms with Gasteiger partial charge >= 0.3 is 5.97 Å². The van der Waals surface area contributed by atoms with Gasteiger partial charge in [-0.05, 0) is 13.0 Å². The number of nitrogen functional groups attached to an aromatic ring is 1. The highest BCUT2D eigenvalue weighted by atomic mass is 19.2. The Morgan fingerprint density at radius 3 is 2.71 bits per heavy atom. The van der Waals surface area contributed by atoms with Crippen molar-refractivity contribution in [2.45, 2.75) is 13.3 Å². The standard InChI is InChI=1S/C12H13F2NO2/c1-2-17-12(16)5-3-4-8-6-9(13)10(14)7-11(8)15/h3-4,6-7H,2,5,15H2,1H3. The minimum Gasteiger partial charge on any atom is -0.466 e. The number of ether oxygens (including phenoxy) is 1. The second-order valence-electron chi connectivity index (χ2n) is 3.31. The lowest BCUT2D eigenvalue weighted by Gasteiger charge is -2.01. The predicted molar refractivity (Wildman–Crippen MR) is 61.1 cm³/mol. The quantitative estimate of drug-likeness (QED) is 0.651. The zero-order valence-corrected chi connectivity index (χ0v) is 9.37. The Kier molecular flexibility index (Phi) is 4.63. The maximum Gasteiger partial charge on any atom is 0.309 e. The second kappa shape index (κ2) is 5.98. The smallest absolute Gasteiger partial charge is 0.309 e. The third-order valence-corrected chi connectivity index (χ3v) is 2.01. The van der Waals surface area contributed by atoms with Gasteiger partial charge in [0.25, 0.3) is 0 Å². The zero-order valence-electron chi connectivity index (χ0n) is 9.37. The van der Waals surface area contributed by atoms with Gasteiger partial charge in [0.15, 0.2) is 11.6 Å². The highest BCUT2D eigenvalue weighted by molar-refractivity contribution is 5.74. The van der Waals surface area contributed by atoms with Crippen molar-refractivity contribution in [1.82, 2.24) is 0 Å². The summed E-state index contributed by atoms with van der Waals surface area (Å²) in [6.07, 6.45) is 3.00. The first kappa shape index (κ1) is 13.2. The number of halogens is 2. The summed E-state index contributed by atoms with van der Waals surface area (Å²) in [6.45, 7) is 2.01. The maximum atomic E-state index is 12.9. The largest absolute Gasteiger partial charge is 0.466 e. The molecule has 0 aliphatic carbocycles. The number of benzene rings is 1. The zero-order chi connectivity index (χ0) is 12.8. The van der Waals surface area contributed by atoms with E-state index in [0.29, 0.717) is 12.2 Å². The first-order valence-corrected chi connectivity index (χ1v) is 5.11. The van der Waals surface area contributed by atoms with E-state index in [4.69, 9.17) is 10.5 Å². The molecule has 0 saturated heterocycles. The Balaban J connectivity index is 2.71. The number of carbonyl (C=O) groups is 1. The Hall–Kier alpha value is -1.91. The Morgan fingerprint density at radius 2 is 2.06 bits per heavy atom. The summed E-state index contributed by atoms with van der Waals surface area (Å²) >= 11 is 0. The molecular formula is C12H13F2NO2. The number of esters is 1. The van der Waals surface area contributed by atoms with E-state index in [-0.39, 0.29) is 18.1 Å². The number of hydrogen-bond donors (Lipinski definition) is 1. The number of anilines is 1. The number of rotatable bonds is 4. The highest BCUT2D eigenvalue weighted by Gasteiger charge is 2.05. The summed E-state index contributed by atoms with van der Waals surface area (Å²) in [7, 11) is 0. The maximum absolute atomic E-state index is 12.9. The van der Waals surface area contributed by atoms with Gasteiger partial charge in [0.05, 0.1) is 13.0 Å². The molecule has 92 valence electrons. The van der Waals surface area contributed by atoms with Crippen LogP contribution >= 0.6 is 0 Å². The average Bonchev–Trinajstić information content (AvgIpc) is 2.26. The lowest BCUT2D eigenvalue weighted by Crippen LogP contribution is -2.01. The minimum atomic E-state index is -0.995. The lowest BCUT2D eigenvalue weighted by molar-refractivity contribution is -0.142. The van der Waals surface area contributed by atoms with Crippen molar-refractivity contribution in [2.75, 3.05) is 12.3 Å². The molecule has 1 aromatic rings. The van der Waals surface area contributed by atoms with Crippen LogP contribution in [-0.4, -0.2) is 12.6 Å². The van der Waals surface area contributed by atoms with Crippen LogP contribution in [0.15, 0.2) is 18.2 Å². The van der Waals surface area contributed by atoms with Crippen LogP contribution in [0.3, 0.4) is 0 Å². The molecule has 1 rings (SSSR count). The van der Waals surface area contributed by atoms with E-state index < -0.39 is 11.6 Å². The Labute approximate surface area is 97.9 Å². The van der Waals surface area contributed by atoms with Crippen LogP contribution in [0.4, 0.5) is 14.5 Å². The van der Waals surface area contributed by atoms with Gasteiger partial charge in [0.2, 0.25) is 0 Å². The van der Waals surface area contributed by atoms with Gasteiger partial charge in [-0.25, -0.2) is 8.78 Å². The van der Waals surface area contributed by atoms with E-state index in [9.17, 15) is 13.6 Å². The molecule has 0 aliphatic rings. The molecule has 2 N–H and O–H groups in total. The van der Waals surface area contributed by atoms with E-state index in [1.807, 2.05) is 0 Å². The van der Waals surface area contributed by atoms with Gasteiger partial charge in [-0.1, -0.05) is 12.2 Å². The normalized spacial score (nSPS) is 10.8. The molecule has 5 heteroatoms. The lowest BCUT2D eigenvalue weighted by atomic mass is 10.1. The molecule has 0 radical (unpaired) electrons. The molecule has 0 heterocycles. The van der Waals surface area contributed by atoms with Gasteiger partial charge in [0.1, 0.15) is 0 Å². The highest BCUT2D eigenvalue weighted by Crippen LogP contribution is 2.18. The molecule has 0 fully saturated rings. The van der Waals surface area contributed by atoms with E-state index in [2.05, 4.69) is 0 Å². The predicted octanol–water partition coefficient (Wildman–Crippen LogP) is 2.51. The van der Waals surface area contributed by atoms with Crippen molar-refractivity contribution in [3.63, 3.8) is 0 Å². The van der Waals surface area contributed by atoms with E-state index in [1.54, 1.807) is 6.92 Å². The fourth-order valence-electron chi connectivity index (χ4n) is 1.22. The van der Waals surface area contributed by atoms with Crippen LogP contribution in [0.25, 0.3) is 6.08 Å². The minimum absolute atomic E-state index is 0.0618. The fraction of sp³-hybridized carbons (Fsp3) is 0.250. The number of nitrogens with two attached hydrogens (primary N) is 1. The summed E-state index contributed by atoms with van der Waals surface area (Å²) in [6, 6.07) is 1.88. The van der Waals surface area contributed by atoms with E-state index >= 15 is 0 Å². The molecule has 17 heavy (non-hydrogen) atoms. The van der Waals surface area contributed by atoms with E-state index in [1.165, 1.54) is 12.2 Å². The summed E-state index contributed by atoms with van der Waals surface area (Å²) in [5.74, 6) is -2.36. The molecule has 0 bridgehead atoms. The molecule has 3 nitrogen and oxygen atoms in total. The monoisotopic (exact) mass is 241 g/mol. The third kappa shape index (κ3) is 3.86. The van der Waals surface area contributed by atoms with Crippen molar-refractivity contribution in [3.05, 3.63) is 35.4 Å². The van der Waals surface area contributed by atoms with E-state index in [0.717, 1.165) is 12.1 Å². The van der Waals surface area contributed by atoms with Crippen molar-refractivity contribution < 1.29 is 18.3 Å². The summed E-state index contributed by atoms with van der Waals surface area (Å²) in [5, 5.41) is 0. The van der Waals surface area contributed by atoms with Gasteiger partial charge in [-0.15, -0.1) is 0 Å². The third-order valence-electron chi connectivity index (χ3n) is 2.01. The van der Waals surface area contributed by atoms with Gasteiger partial charge < -0.3 is 10.5 Å². The summed E-state index contributed by atoms with van der Waals surface area (Å²) in [5.41, 5.74) is 5.93. The first-order chi connectivity index (χ1) is 8.04. The fourth-order valence-corrected chi connectivity index (χ4v) is 1.22. The van der Waals surface area contributed by atoms with Gasteiger partial charge in [0, 0.05) is 17.3 Å². The van der Waals surface area contributed by atoms with Crippen molar-refractivity contribution in [3.8, 4) is 0 Å². The molecular weight excluding hydrogens is 228 g/mol. The number of carbonyl (C=O) groups excluding carboxylic acids is 1. The summed E-state index contributed by atoms with van der Waals surface area (Å²) in [4.78, 5) is 11.0. The van der Waals surface area contributed by atoms with Gasteiger partial charge in [-0.3, -0.25) is 4.79 Å². The molecule has 0 aliphatic heterocycles. The molecule has 0 unspecified atom stereocenters. The molecule has 0 saturated carbocycles. The SMILES string of the molecule is CCOC(=O)CC=Cc1cc(F)c(F)cc1N. The second-order valence-corrected chi connectivity index (χ2v) is 3.31. The van der Waals surface area contributed by atoms with Crippen LogP contribution in [0.2, 0.25) is 0 Å². The molecule has 0 amide bonds.